The first-order valence-corrected chi connectivity index (χ1v) is 3.88. The van der Waals surface area contributed by atoms with Crippen LogP contribution in [-0.4, -0.2) is 15.0 Å². The predicted octanol–water partition coefficient (Wildman–Crippen LogP) is 2.65. The molecule has 0 unspecified atom stereocenters. The van der Waals surface area contributed by atoms with Crippen LogP contribution < -0.4 is 0 Å². The highest BCUT2D eigenvalue weighted by Crippen LogP contribution is 2.39. The largest absolute Gasteiger partial charge is 0.501 e. The molecule has 10 heteroatoms. The van der Waals surface area contributed by atoms with Gasteiger partial charge in [0.15, 0.2) is 0 Å². The molecule has 0 aliphatic carbocycles. The van der Waals surface area contributed by atoms with E-state index >= 15 is 0 Å². The predicted molar refractivity (Wildman–Crippen MR) is 42.5 cm³/mol. The van der Waals surface area contributed by atoms with E-state index < -0.39 is 40.3 Å². The van der Waals surface area contributed by atoms with Gasteiger partial charge in [0.2, 0.25) is 11.4 Å². The van der Waals surface area contributed by atoms with Crippen LogP contribution in [0.2, 0.25) is 0 Å². The minimum Gasteiger partial charge on any atom is -0.501 e. The number of rotatable bonds is 2. The fraction of sp³-hybridized carbons (Fsp3) is 0.286. The van der Waals surface area contributed by atoms with Gasteiger partial charge in [0.25, 0.3) is 0 Å². The SMILES string of the molecule is O=[N+]([O-])c1nc(C(F)F)c(C(F)(F)F)cc1O. The Bertz CT molecular complexity index is 460. The second kappa shape index (κ2) is 4.11. The fourth-order valence-electron chi connectivity index (χ4n) is 1.03. The summed E-state index contributed by atoms with van der Waals surface area (Å²) in [6.45, 7) is 0. The second-order valence-electron chi connectivity index (χ2n) is 2.82. The molecule has 5 nitrogen and oxygen atoms in total. The summed E-state index contributed by atoms with van der Waals surface area (Å²) in [6.07, 6.45) is -8.84. The molecule has 1 aromatic rings. The molecule has 0 saturated heterocycles. The van der Waals surface area contributed by atoms with Crippen molar-refractivity contribution in [3.63, 3.8) is 0 Å². The van der Waals surface area contributed by atoms with Crippen molar-refractivity contribution in [1.82, 2.24) is 4.98 Å². The molecule has 0 aliphatic heterocycles. The van der Waals surface area contributed by atoms with Gasteiger partial charge in [-0.05, 0) is 9.91 Å². The summed E-state index contributed by atoms with van der Waals surface area (Å²) in [5.41, 5.74) is -3.70. The summed E-state index contributed by atoms with van der Waals surface area (Å²) in [4.78, 5) is 11.4. The van der Waals surface area contributed by atoms with Crippen LogP contribution in [0.15, 0.2) is 6.07 Å². The first-order valence-electron chi connectivity index (χ1n) is 3.88. The van der Waals surface area contributed by atoms with Crippen molar-refractivity contribution >= 4 is 5.82 Å². The van der Waals surface area contributed by atoms with E-state index in [1.807, 2.05) is 0 Å². The van der Waals surface area contributed by atoms with E-state index in [9.17, 15) is 32.1 Å². The highest BCUT2D eigenvalue weighted by atomic mass is 19.4. The maximum atomic E-state index is 12.3. The minimum absolute atomic E-state index is 0.146. The zero-order chi connectivity index (χ0) is 13.4. The van der Waals surface area contributed by atoms with Gasteiger partial charge >= 0.3 is 18.4 Å². The van der Waals surface area contributed by atoms with E-state index in [0.717, 1.165) is 0 Å². The molecule has 94 valence electrons. The highest BCUT2D eigenvalue weighted by Gasteiger charge is 2.41. The normalized spacial score (nSPS) is 11.9. The molecule has 1 heterocycles. The summed E-state index contributed by atoms with van der Waals surface area (Å²) in [7, 11) is 0. The van der Waals surface area contributed by atoms with Crippen LogP contribution >= 0.6 is 0 Å². The summed E-state index contributed by atoms with van der Waals surface area (Å²) < 4.78 is 61.3. The van der Waals surface area contributed by atoms with E-state index in [-0.39, 0.29) is 6.07 Å². The molecule has 0 bridgehead atoms. The molecular formula is C7H3F5N2O3. The molecule has 17 heavy (non-hydrogen) atoms. The second-order valence-corrected chi connectivity index (χ2v) is 2.82. The van der Waals surface area contributed by atoms with Crippen molar-refractivity contribution < 1.29 is 32.0 Å². The quantitative estimate of drug-likeness (QED) is 0.502. The van der Waals surface area contributed by atoms with Crippen LogP contribution in [-0.2, 0) is 6.18 Å². The van der Waals surface area contributed by atoms with E-state index in [4.69, 9.17) is 5.11 Å². The Balaban J connectivity index is 3.53. The third-order valence-electron chi connectivity index (χ3n) is 1.70. The Morgan fingerprint density at radius 3 is 2.29 bits per heavy atom. The smallest absolute Gasteiger partial charge is 0.420 e. The van der Waals surface area contributed by atoms with E-state index in [2.05, 4.69) is 4.98 Å². The molecule has 0 radical (unpaired) electrons. The number of halogens is 5. The minimum atomic E-state index is -5.19. The lowest BCUT2D eigenvalue weighted by atomic mass is 10.1. The molecule has 0 spiro atoms. The molecule has 0 aliphatic rings. The van der Waals surface area contributed by atoms with Crippen molar-refractivity contribution in [2.75, 3.05) is 0 Å². The average Bonchev–Trinajstić information content (AvgIpc) is 2.14. The molecule has 1 aromatic heterocycles. The van der Waals surface area contributed by atoms with Gasteiger partial charge in [0.1, 0.15) is 5.56 Å². The van der Waals surface area contributed by atoms with Crippen molar-refractivity contribution in [2.24, 2.45) is 0 Å². The number of pyridine rings is 1. The number of alkyl halides is 5. The first-order chi connectivity index (χ1) is 7.64. The number of aromatic hydroxyl groups is 1. The standard InChI is InChI=1S/C7H3F5N2O3/c8-5(9)4-2(7(10,11)12)1-3(15)6(13-4)14(16)17/h1,5,15H. The third kappa shape index (κ3) is 2.57. The third-order valence-corrected chi connectivity index (χ3v) is 1.70. The van der Waals surface area contributed by atoms with Crippen LogP contribution in [0.5, 0.6) is 5.75 Å². The maximum absolute atomic E-state index is 12.3. The molecule has 0 aromatic carbocycles. The first kappa shape index (κ1) is 13.1. The lowest BCUT2D eigenvalue weighted by Crippen LogP contribution is -2.12. The lowest BCUT2D eigenvalue weighted by Gasteiger charge is -2.09. The zero-order valence-electron chi connectivity index (χ0n) is 7.70. The summed E-state index contributed by atoms with van der Waals surface area (Å²) in [6, 6.07) is -0.146. The molecule has 1 rings (SSSR count). The molecule has 1 N–H and O–H groups in total. The van der Waals surface area contributed by atoms with Crippen LogP contribution in [0.3, 0.4) is 0 Å². The monoisotopic (exact) mass is 258 g/mol. The fourth-order valence-corrected chi connectivity index (χ4v) is 1.03. The summed E-state index contributed by atoms with van der Waals surface area (Å²) >= 11 is 0. The van der Waals surface area contributed by atoms with Crippen molar-refractivity contribution in [3.8, 4) is 5.75 Å². The Morgan fingerprint density at radius 2 is 1.94 bits per heavy atom. The Morgan fingerprint density at radius 1 is 1.41 bits per heavy atom. The summed E-state index contributed by atoms with van der Waals surface area (Å²) in [5.74, 6) is -2.87. The molecule has 0 amide bonds. The van der Waals surface area contributed by atoms with Crippen LogP contribution in [0.1, 0.15) is 17.7 Å². The highest BCUT2D eigenvalue weighted by molar-refractivity contribution is 5.44. The van der Waals surface area contributed by atoms with E-state index in [0.29, 0.717) is 0 Å². The molecule has 0 fully saturated rings. The lowest BCUT2D eigenvalue weighted by molar-refractivity contribution is -0.390. The van der Waals surface area contributed by atoms with Crippen LogP contribution in [0.4, 0.5) is 27.8 Å². The number of hydrogen-bond acceptors (Lipinski definition) is 4. The molecular weight excluding hydrogens is 255 g/mol. The number of hydrogen-bond donors (Lipinski definition) is 1. The Kier molecular flexibility index (Phi) is 3.16. The van der Waals surface area contributed by atoms with Gasteiger partial charge in [0, 0.05) is 6.07 Å². The average molecular weight is 258 g/mol. The molecule has 0 saturated carbocycles. The van der Waals surface area contributed by atoms with Gasteiger partial charge in [-0.2, -0.15) is 13.2 Å². The van der Waals surface area contributed by atoms with E-state index in [1.165, 1.54) is 0 Å². The summed E-state index contributed by atoms with van der Waals surface area (Å²) in [5, 5.41) is 19.1. The number of aromatic nitrogens is 1. The number of nitrogens with zero attached hydrogens (tertiary/aromatic N) is 2. The molecule has 0 atom stereocenters. The number of nitro groups is 1. The van der Waals surface area contributed by atoms with Gasteiger partial charge < -0.3 is 15.2 Å². The van der Waals surface area contributed by atoms with Crippen molar-refractivity contribution in [3.05, 3.63) is 27.4 Å². The van der Waals surface area contributed by atoms with Gasteiger partial charge in [-0.1, -0.05) is 0 Å². The van der Waals surface area contributed by atoms with Crippen molar-refractivity contribution in [1.29, 1.82) is 0 Å². The van der Waals surface area contributed by atoms with Gasteiger partial charge in [-0.15, -0.1) is 0 Å². The topological polar surface area (TPSA) is 76.3 Å². The maximum Gasteiger partial charge on any atom is 0.420 e. The Labute approximate surface area is 89.7 Å². The van der Waals surface area contributed by atoms with Crippen LogP contribution in [0, 0.1) is 10.1 Å². The van der Waals surface area contributed by atoms with Crippen molar-refractivity contribution in [2.45, 2.75) is 12.6 Å². The van der Waals surface area contributed by atoms with E-state index in [1.54, 1.807) is 0 Å². The van der Waals surface area contributed by atoms with Gasteiger partial charge in [0.05, 0.1) is 0 Å². The van der Waals surface area contributed by atoms with Gasteiger partial charge in [-0.3, -0.25) is 0 Å². The zero-order valence-corrected chi connectivity index (χ0v) is 7.70. The van der Waals surface area contributed by atoms with Gasteiger partial charge in [-0.25, -0.2) is 8.78 Å². The Hall–Kier alpha value is -2.00. The van der Waals surface area contributed by atoms with Crippen LogP contribution in [0.25, 0.3) is 0 Å².